The summed E-state index contributed by atoms with van der Waals surface area (Å²) >= 11 is 1.37. The molecule has 130 valence electrons. The van der Waals surface area contributed by atoms with Crippen LogP contribution in [0.3, 0.4) is 0 Å². The molecular weight excluding hydrogens is 356 g/mol. The number of hydrogen-bond donors (Lipinski definition) is 3. The largest absolute Gasteiger partial charge is 0.506 e. The van der Waals surface area contributed by atoms with Crippen LogP contribution in [0, 0.1) is 0 Å². The number of thiophene rings is 1. The average molecular weight is 368 g/mol. The highest BCUT2D eigenvalue weighted by atomic mass is 32.1. The summed E-state index contributed by atoms with van der Waals surface area (Å²) in [6.07, 6.45) is 1.20. The summed E-state index contributed by atoms with van der Waals surface area (Å²) in [5, 5.41) is 11.3. The Morgan fingerprint density at radius 3 is 2.73 bits per heavy atom. The van der Waals surface area contributed by atoms with Gasteiger partial charge in [-0.3, -0.25) is 19.1 Å². The normalized spacial score (nSPS) is 12.1. The molecule has 4 aromatic rings. The summed E-state index contributed by atoms with van der Waals surface area (Å²) in [5.41, 5.74) is -2.20. The first-order valence-electron chi connectivity index (χ1n) is 7.57. The fourth-order valence-electron chi connectivity index (χ4n) is 2.60. The maximum absolute atomic E-state index is 12.2. The fraction of sp³-hybridized carbons (Fsp3) is 0.0588. The number of nitrogens with one attached hydrogen (secondary N) is 2. The highest BCUT2D eigenvalue weighted by molar-refractivity contribution is 7.20. The molecule has 0 aliphatic heterocycles. The van der Waals surface area contributed by atoms with Crippen LogP contribution in [-0.2, 0) is 7.05 Å². The minimum Gasteiger partial charge on any atom is -0.506 e. The number of hydrogen-bond acceptors (Lipinski definition) is 6. The first-order chi connectivity index (χ1) is 12.4. The second-order valence-electron chi connectivity index (χ2n) is 5.64. The molecule has 0 atom stereocenters. The maximum Gasteiger partial charge on any atom is 0.329 e. The van der Waals surface area contributed by atoms with Gasteiger partial charge in [0.15, 0.2) is 5.52 Å². The number of aromatic nitrogens is 4. The molecule has 0 amide bonds. The van der Waals surface area contributed by atoms with E-state index in [0.717, 1.165) is 14.7 Å². The van der Waals surface area contributed by atoms with Crippen molar-refractivity contribution >= 4 is 44.4 Å². The van der Waals surface area contributed by atoms with Gasteiger partial charge in [-0.25, -0.2) is 9.78 Å². The zero-order valence-corrected chi connectivity index (χ0v) is 14.3. The van der Waals surface area contributed by atoms with Gasteiger partial charge in [-0.2, -0.15) is 0 Å². The fourth-order valence-corrected chi connectivity index (χ4v) is 3.58. The number of aromatic amines is 2. The van der Waals surface area contributed by atoms with Crippen molar-refractivity contribution in [1.82, 2.24) is 19.5 Å². The zero-order chi connectivity index (χ0) is 18.4. The average Bonchev–Trinajstić information content (AvgIpc) is 3.05. The van der Waals surface area contributed by atoms with Crippen LogP contribution in [0.1, 0.15) is 10.6 Å². The lowest BCUT2D eigenvalue weighted by atomic mass is 10.2. The topological polar surface area (TPSA) is 121 Å². The van der Waals surface area contributed by atoms with Crippen LogP contribution in [-0.4, -0.2) is 24.6 Å². The molecule has 0 saturated carbocycles. The monoisotopic (exact) mass is 368 g/mol. The van der Waals surface area contributed by atoms with Gasteiger partial charge >= 0.3 is 5.69 Å². The number of nitrogens with zero attached hydrogens (tertiary/aromatic N) is 2. The summed E-state index contributed by atoms with van der Waals surface area (Å²) < 4.78 is 2.08. The van der Waals surface area contributed by atoms with Crippen LogP contribution in [0.15, 0.2) is 44.7 Å². The first kappa shape index (κ1) is 16.0. The summed E-state index contributed by atoms with van der Waals surface area (Å²) in [6, 6.07) is 9.44. The Balaban J connectivity index is 1.89. The molecule has 0 aliphatic carbocycles. The number of rotatable bonds is 2. The molecule has 1 aromatic carbocycles. The summed E-state index contributed by atoms with van der Waals surface area (Å²) in [5.74, 6) is -0.134. The molecule has 3 N–H and O–H groups in total. The van der Waals surface area contributed by atoms with Crippen molar-refractivity contribution in [2.75, 3.05) is 0 Å². The van der Waals surface area contributed by atoms with Crippen molar-refractivity contribution < 1.29 is 5.11 Å². The lowest BCUT2D eigenvalue weighted by Gasteiger charge is -2.03. The molecule has 3 heterocycles. The molecule has 0 saturated heterocycles. The number of fused-ring (bicyclic) bond motifs is 2. The summed E-state index contributed by atoms with van der Waals surface area (Å²) in [4.78, 5) is 45.0. The second kappa shape index (κ2) is 5.81. The van der Waals surface area contributed by atoms with Gasteiger partial charge in [-0.15, -0.1) is 11.3 Å². The van der Waals surface area contributed by atoms with Crippen molar-refractivity contribution in [3.05, 3.63) is 72.1 Å². The van der Waals surface area contributed by atoms with Gasteiger partial charge in [0.25, 0.3) is 11.1 Å². The van der Waals surface area contributed by atoms with Gasteiger partial charge in [0.2, 0.25) is 0 Å². The van der Waals surface area contributed by atoms with Crippen LogP contribution < -0.4 is 16.8 Å². The Kier molecular flexibility index (Phi) is 3.58. The number of benzene rings is 1. The number of aryl methyl sites for hydroxylation is 1. The number of H-pyrrole nitrogens is 2. The molecule has 0 bridgehead atoms. The van der Waals surface area contributed by atoms with E-state index in [2.05, 4.69) is 15.0 Å². The van der Waals surface area contributed by atoms with E-state index in [9.17, 15) is 19.5 Å². The van der Waals surface area contributed by atoms with E-state index in [4.69, 9.17) is 0 Å². The second-order valence-corrected chi connectivity index (χ2v) is 6.73. The third-order valence-electron chi connectivity index (χ3n) is 3.95. The van der Waals surface area contributed by atoms with Crippen molar-refractivity contribution in [2.45, 2.75) is 0 Å². The van der Waals surface area contributed by atoms with Crippen molar-refractivity contribution in [3.63, 3.8) is 0 Å². The van der Waals surface area contributed by atoms with E-state index < -0.39 is 16.8 Å². The van der Waals surface area contributed by atoms with E-state index in [-0.39, 0.29) is 22.6 Å². The minimum atomic E-state index is -0.713. The number of aliphatic hydroxyl groups is 1. The van der Waals surface area contributed by atoms with Gasteiger partial charge in [0, 0.05) is 17.8 Å². The molecule has 0 radical (unpaired) electrons. The molecule has 9 heteroatoms. The Bertz CT molecular complexity index is 1340. The molecule has 0 spiro atoms. The van der Waals surface area contributed by atoms with Gasteiger partial charge in [-0.1, -0.05) is 18.2 Å². The first-order valence-corrected chi connectivity index (χ1v) is 8.38. The van der Waals surface area contributed by atoms with Crippen molar-refractivity contribution in [3.8, 4) is 0 Å². The van der Waals surface area contributed by atoms with Gasteiger partial charge in [-0.05, 0) is 17.5 Å². The lowest BCUT2D eigenvalue weighted by molar-refractivity contribution is 0.517. The predicted molar refractivity (Wildman–Crippen MR) is 101 cm³/mol. The van der Waals surface area contributed by atoms with Crippen molar-refractivity contribution in [2.24, 2.45) is 7.05 Å². The Hall–Kier alpha value is -3.46. The van der Waals surface area contributed by atoms with Crippen molar-refractivity contribution in [1.29, 1.82) is 0 Å². The molecule has 26 heavy (non-hydrogen) atoms. The highest BCUT2D eigenvalue weighted by Crippen LogP contribution is 2.29. The third kappa shape index (κ3) is 2.54. The van der Waals surface area contributed by atoms with Crippen LogP contribution in [0.5, 0.6) is 0 Å². The predicted octanol–water partition coefficient (Wildman–Crippen LogP) is 1.58. The Morgan fingerprint density at radius 2 is 1.96 bits per heavy atom. The Morgan fingerprint density at radius 1 is 1.19 bits per heavy atom. The number of aliphatic hydroxyl groups excluding tert-OH is 1. The van der Waals surface area contributed by atoms with Crippen LogP contribution >= 0.6 is 11.3 Å². The summed E-state index contributed by atoms with van der Waals surface area (Å²) in [7, 11) is 1.41. The van der Waals surface area contributed by atoms with Gasteiger partial charge in [0.1, 0.15) is 17.1 Å². The van der Waals surface area contributed by atoms with Crippen LogP contribution in [0.2, 0.25) is 0 Å². The van der Waals surface area contributed by atoms with Gasteiger partial charge < -0.3 is 10.1 Å². The molecule has 0 fully saturated rings. The Labute approximate surface area is 148 Å². The van der Waals surface area contributed by atoms with Crippen LogP contribution in [0.4, 0.5) is 0 Å². The molecular formula is C17H12N4O4S. The van der Waals surface area contributed by atoms with Gasteiger partial charge in [0.05, 0.1) is 4.88 Å². The quantitative estimate of drug-likeness (QED) is 0.464. The van der Waals surface area contributed by atoms with E-state index in [1.165, 1.54) is 24.5 Å². The van der Waals surface area contributed by atoms with E-state index >= 15 is 0 Å². The summed E-state index contributed by atoms with van der Waals surface area (Å²) in [6.45, 7) is 0. The molecule has 0 aliphatic rings. The molecule has 8 nitrogen and oxygen atoms in total. The zero-order valence-electron chi connectivity index (χ0n) is 13.4. The molecule has 3 aromatic heterocycles. The standard InChI is InChI=1S/C17H12N4O4S/c1-21-14-13(16(24)20-17(21)25)18-9(15(23)19-14)7-10(22)12-6-8-4-2-3-5-11(8)26-12/h2-7,22H,1H3,(H,19,23)(H,20,24,25)/b10-7-. The minimum absolute atomic E-state index is 0.0160. The maximum atomic E-state index is 12.2. The lowest BCUT2D eigenvalue weighted by Crippen LogP contribution is -2.31. The van der Waals surface area contributed by atoms with E-state index in [1.807, 2.05) is 24.3 Å². The van der Waals surface area contributed by atoms with Crippen LogP contribution in [0.25, 0.3) is 33.1 Å². The highest BCUT2D eigenvalue weighted by Gasteiger charge is 2.12. The third-order valence-corrected chi connectivity index (χ3v) is 5.09. The molecule has 0 unspecified atom stereocenters. The molecule has 4 rings (SSSR count). The van der Waals surface area contributed by atoms with E-state index in [1.54, 1.807) is 6.07 Å². The smallest absolute Gasteiger partial charge is 0.329 e. The SMILES string of the molecule is Cn1c(=O)[nH]c(=O)c2nc(/C=C(\O)c3cc4ccccc4s3)c(=O)[nH]c21. The van der Waals surface area contributed by atoms with E-state index in [0.29, 0.717) is 4.88 Å².